The standard InChI is InChI=1S/C51H50N10O30/c1-88-18-6-2-16(3-7-18)60-25-21(23(54-60)39-41(53)91-39)45(75,76)11-57(42(25)72)28-33(65)31(63)27(32(64)34(28)66)56-14-49(83,47(79,80)10-20(56)62)90-15-89-19-8-4-17(5-9-19)61-26-22(24(55-61)40(52)71)46(77,78)12-58(43(26)73)29-35(67)37(69)30(38(70)36(29)68)59-13-48(81,82)51(86,87)50(84,85)44(59)74/h2-9,39,41,63-70,75-87H,10-15,53H2,1H3,(H2,52,71). The number of hydrogen-bond donors (Lipinski definition) is 23. The summed E-state index contributed by atoms with van der Waals surface area (Å²) in [6, 6.07) is 9.90. The third-order valence-electron chi connectivity index (χ3n) is 15.6. The molecule has 3 unspecified atom stereocenters. The van der Waals surface area contributed by atoms with E-state index in [2.05, 4.69) is 10.2 Å². The van der Waals surface area contributed by atoms with Crippen molar-refractivity contribution in [3.63, 3.8) is 0 Å². The molecule has 0 spiro atoms. The number of amides is 5. The van der Waals surface area contributed by atoms with Crippen LogP contribution in [-0.2, 0) is 30.6 Å². The molecule has 3 saturated heterocycles. The summed E-state index contributed by atoms with van der Waals surface area (Å²) < 4.78 is 22.8. The lowest BCUT2D eigenvalue weighted by molar-refractivity contribution is -0.440. The molecule has 5 aliphatic heterocycles. The Bertz CT molecular complexity index is 4070. The molecule has 484 valence electrons. The number of aliphatic hydroxyl groups is 13. The number of rotatable bonds is 13. The van der Waals surface area contributed by atoms with Crippen molar-refractivity contribution in [3.8, 4) is 68.9 Å². The molecule has 4 aromatic carbocycles. The number of phenols is 8. The second kappa shape index (κ2) is 20.3. The van der Waals surface area contributed by atoms with Gasteiger partial charge in [-0.25, -0.2) is 9.36 Å². The van der Waals surface area contributed by atoms with E-state index in [1.807, 2.05) is 0 Å². The first-order valence-electron chi connectivity index (χ1n) is 25.8. The fraction of sp³-hybridized carbons (Fsp3) is 0.314. The number of piperidine rings is 2. The Kier molecular flexibility index (Phi) is 13.9. The fourth-order valence-corrected chi connectivity index (χ4v) is 10.9. The van der Waals surface area contributed by atoms with Crippen molar-refractivity contribution < 1.29 is 150 Å². The summed E-state index contributed by atoms with van der Waals surface area (Å²) in [7, 11) is 1.38. The fourth-order valence-electron chi connectivity index (χ4n) is 10.9. The first-order valence-corrected chi connectivity index (χ1v) is 25.8. The number of phenolic OH excluding ortho intramolecular Hbond substituents is 8. The number of primary amides is 1. The second-order valence-corrected chi connectivity index (χ2v) is 21.4. The zero-order valence-electron chi connectivity index (χ0n) is 45.8. The van der Waals surface area contributed by atoms with Gasteiger partial charge in [-0.2, -0.15) is 10.2 Å². The highest BCUT2D eigenvalue weighted by Crippen LogP contribution is 2.60. The molecule has 5 amide bonds. The number of fused-ring (bicyclic) bond motifs is 2. The summed E-state index contributed by atoms with van der Waals surface area (Å²) in [6.45, 7) is -7.35. The molecule has 0 saturated carbocycles. The maximum atomic E-state index is 14.5. The normalized spacial score (nSPS) is 22.6. The van der Waals surface area contributed by atoms with Gasteiger partial charge in [0.1, 0.15) is 63.7 Å². The Morgan fingerprint density at radius 1 is 0.571 bits per heavy atom. The highest BCUT2D eigenvalue weighted by molar-refractivity contribution is 6.14. The largest absolute Gasteiger partial charge is 0.503 e. The SMILES string of the molecule is COc1ccc(-n2nc(C3OC3N)c3c2C(=O)N(c2c(O)c(O)c(N4CC(O)(OCOc5ccc(-n6nc(C(N)=O)c7c6C(=O)N(c6c(O)c(O)c(N8CC(O)(O)C(O)(O)C(O)(O)C8=O)c(O)c6O)CC7(O)O)cc5)C(O)(O)CC4=O)c(O)c2O)CC3(O)O)cc1. The van der Waals surface area contributed by atoms with Crippen molar-refractivity contribution in [2.45, 2.75) is 59.3 Å². The molecule has 91 heavy (non-hydrogen) atoms. The van der Waals surface area contributed by atoms with Gasteiger partial charge in [0.25, 0.3) is 29.4 Å². The summed E-state index contributed by atoms with van der Waals surface area (Å²) >= 11 is 0. The average molecular weight is 1280 g/mol. The van der Waals surface area contributed by atoms with Crippen LogP contribution in [0.3, 0.4) is 0 Å². The molecule has 11 rings (SSSR count). The van der Waals surface area contributed by atoms with Crippen molar-refractivity contribution >= 4 is 52.3 Å². The Morgan fingerprint density at radius 3 is 1.44 bits per heavy atom. The van der Waals surface area contributed by atoms with Gasteiger partial charge in [0.15, 0.2) is 58.5 Å². The van der Waals surface area contributed by atoms with Crippen LogP contribution in [0.5, 0.6) is 57.5 Å². The summed E-state index contributed by atoms with van der Waals surface area (Å²) in [6.07, 6.45) is -3.55. The van der Waals surface area contributed by atoms with Crippen LogP contribution in [0.4, 0.5) is 22.7 Å². The number of methoxy groups -OCH3 is 1. The molecule has 0 radical (unpaired) electrons. The molecule has 3 fully saturated rings. The summed E-state index contributed by atoms with van der Waals surface area (Å²) in [5.74, 6) is -47.9. The first kappa shape index (κ1) is 62.6. The predicted molar refractivity (Wildman–Crippen MR) is 285 cm³/mol. The Labute approximate surface area is 502 Å². The van der Waals surface area contributed by atoms with E-state index in [1.165, 1.54) is 31.4 Å². The van der Waals surface area contributed by atoms with Crippen LogP contribution in [0, 0.1) is 0 Å². The van der Waals surface area contributed by atoms with Crippen LogP contribution < -0.4 is 40.5 Å². The van der Waals surface area contributed by atoms with Crippen LogP contribution in [0.2, 0.25) is 0 Å². The van der Waals surface area contributed by atoms with Crippen LogP contribution in [0.25, 0.3) is 11.4 Å². The molecule has 6 aromatic rings. The number of aromatic nitrogens is 4. The molecular formula is C51H50N10O30. The predicted octanol–water partition coefficient (Wildman–Crippen LogP) is -7.69. The van der Waals surface area contributed by atoms with E-state index < -0.39 is 219 Å². The Hall–Kier alpha value is -9.99. The zero-order chi connectivity index (χ0) is 66.8. The van der Waals surface area contributed by atoms with E-state index in [9.17, 15) is 131 Å². The number of aromatic hydroxyl groups is 8. The molecule has 40 heteroatoms. The van der Waals surface area contributed by atoms with Crippen LogP contribution in [-0.4, -0.2) is 232 Å². The molecule has 3 atom stereocenters. The summed E-state index contributed by atoms with van der Waals surface area (Å²) in [5, 5.41) is 239. The lowest BCUT2D eigenvalue weighted by Crippen LogP contribution is -2.80. The number of carbonyl (C=O) groups excluding carboxylic acids is 5. The van der Waals surface area contributed by atoms with Crippen molar-refractivity contribution in [2.24, 2.45) is 11.5 Å². The number of anilines is 4. The van der Waals surface area contributed by atoms with Crippen LogP contribution in [0.15, 0.2) is 48.5 Å². The van der Waals surface area contributed by atoms with Gasteiger partial charge in [0, 0.05) is 0 Å². The minimum atomic E-state index is -4.55. The van der Waals surface area contributed by atoms with Gasteiger partial charge >= 0.3 is 5.79 Å². The van der Waals surface area contributed by atoms with Gasteiger partial charge in [-0.3, -0.25) is 43.6 Å². The molecular weight excluding hydrogens is 1230 g/mol. The summed E-state index contributed by atoms with van der Waals surface area (Å²) in [5.41, 5.74) is 1.45. The third kappa shape index (κ3) is 9.12. The number of carbonyl (C=O) groups is 5. The van der Waals surface area contributed by atoms with E-state index in [1.54, 1.807) is 0 Å². The molecule has 2 aromatic heterocycles. The molecule has 25 N–H and O–H groups in total. The van der Waals surface area contributed by atoms with E-state index in [0.717, 1.165) is 28.9 Å². The van der Waals surface area contributed by atoms with Gasteiger partial charge in [-0.05, 0) is 48.5 Å². The maximum Gasteiger partial charge on any atom is 0.306 e. The lowest BCUT2D eigenvalue weighted by Gasteiger charge is -2.49. The van der Waals surface area contributed by atoms with Crippen LogP contribution >= 0.6 is 0 Å². The van der Waals surface area contributed by atoms with E-state index in [0.29, 0.717) is 15.3 Å². The number of nitrogens with two attached hydrogens (primary N) is 2. The van der Waals surface area contributed by atoms with E-state index in [4.69, 9.17) is 30.4 Å². The third-order valence-corrected chi connectivity index (χ3v) is 15.6. The highest BCUT2D eigenvalue weighted by atomic mass is 16.7. The van der Waals surface area contributed by atoms with Crippen molar-refractivity contribution in [1.82, 2.24) is 19.6 Å². The molecule has 0 aliphatic carbocycles. The van der Waals surface area contributed by atoms with Gasteiger partial charge in [0.05, 0.1) is 62.2 Å². The van der Waals surface area contributed by atoms with Gasteiger partial charge in [-0.1, -0.05) is 0 Å². The topological polar surface area (TPSA) is 651 Å². The smallest absolute Gasteiger partial charge is 0.306 e. The number of epoxide rings is 1. The number of ether oxygens (including phenoxy) is 4. The van der Waals surface area contributed by atoms with Gasteiger partial charge in [0.2, 0.25) is 34.8 Å². The zero-order valence-corrected chi connectivity index (χ0v) is 45.8. The van der Waals surface area contributed by atoms with Crippen molar-refractivity contribution in [1.29, 1.82) is 0 Å². The second-order valence-electron chi connectivity index (χ2n) is 21.4. The minimum absolute atomic E-state index is 0.0725. The number of benzene rings is 4. The molecule has 7 heterocycles. The molecule has 0 bridgehead atoms. The van der Waals surface area contributed by atoms with E-state index in [-0.39, 0.29) is 37.5 Å². The van der Waals surface area contributed by atoms with Crippen LogP contribution in [0.1, 0.15) is 60.8 Å². The Morgan fingerprint density at radius 2 is 0.989 bits per heavy atom. The highest BCUT2D eigenvalue weighted by Gasteiger charge is 2.71. The Balaban J connectivity index is 0.848. The summed E-state index contributed by atoms with van der Waals surface area (Å²) in [4.78, 5) is 68.5. The number of hydrogen-bond acceptors (Lipinski definition) is 33. The maximum absolute atomic E-state index is 14.5. The number of β-amino-alcohol motifs (C(OH)–C–C–N with tert-alkyl or cyclic N) is 7. The molecule has 5 aliphatic rings. The minimum Gasteiger partial charge on any atom is -0.503 e. The number of nitrogens with zero attached hydrogens (tertiary/aromatic N) is 8. The first-order chi connectivity index (χ1) is 42.2. The van der Waals surface area contributed by atoms with Crippen molar-refractivity contribution in [3.05, 3.63) is 82.4 Å². The quantitative estimate of drug-likeness (QED) is 0.0221. The van der Waals surface area contributed by atoms with Gasteiger partial charge in [-0.15, -0.1) is 0 Å². The van der Waals surface area contributed by atoms with E-state index >= 15 is 0 Å². The lowest BCUT2D eigenvalue weighted by atomic mass is 9.89. The monoisotopic (exact) mass is 1280 g/mol. The van der Waals surface area contributed by atoms with Gasteiger partial charge < -0.3 is 138 Å². The molecule has 40 nitrogen and oxygen atoms in total. The van der Waals surface area contributed by atoms with Crippen molar-refractivity contribution in [2.75, 3.05) is 59.7 Å². The average Bonchev–Trinajstić information content (AvgIpc) is 1.71.